The summed E-state index contributed by atoms with van der Waals surface area (Å²) in [5, 5.41) is 4.13. The van der Waals surface area contributed by atoms with E-state index in [4.69, 9.17) is 11.6 Å². The Morgan fingerprint density at radius 1 is 1.50 bits per heavy atom. The fourth-order valence-electron chi connectivity index (χ4n) is 1.35. The van der Waals surface area contributed by atoms with Gasteiger partial charge in [0.15, 0.2) is 0 Å². The Morgan fingerprint density at radius 3 is 2.75 bits per heavy atom. The lowest BCUT2D eigenvalue weighted by molar-refractivity contribution is 0.620. The molecule has 1 rings (SSSR count). The molecule has 1 nitrogen and oxygen atoms in total. The molecule has 0 radical (unpaired) electrons. The van der Waals surface area contributed by atoms with Crippen LogP contribution in [0.2, 0.25) is 4.34 Å². The van der Waals surface area contributed by atoms with Crippen LogP contribution in [0.15, 0.2) is 12.1 Å². The summed E-state index contributed by atoms with van der Waals surface area (Å²) in [5.74, 6) is 1.17. The summed E-state index contributed by atoms with van der Waals surface area (Å²) in [4.78, 5) is 1.37. The third kappa shape index (κ3) is 5.09. The molecular weight excluding hydrogens is 258 g/mol. The molecule has 0 saturated carbocycles. The van der Waals surface area contributed by atoms with Crippen LogP contribution in [-0.2, 0) is 6.42 Å². The summed E-state index contributed by atoms with van der Waals surface area (Å²) >= 11 is 9.66. The standard InChI is InChI=1S/C12H20ClNS2/c1-4-9(2)15-8-10(14-3)7-11-5-6-12(13)16-11/h5-6,9-10,14H,4,7-8H2,1-3H3. The average molecular weight is 278 g/mol. The Kier molecular flexibility index (Phi) is 6.81. The highest BCUT2D eigenvalue weighted by molar-refractivity contribution is 7.99. The van der Waals surface area contributed by atoms with Crippen LogP contribution in [0, 0.1) is 0 Å². The molecule has 2 atom stereocenters. The van der Waals surface area contributed by atoms with Crippen LogP contribution >= 0.6 is 34.7 Å². The summed E-state index contributed by atoms with van der Waals surface area (Å²) in [6.45, 7) is 4.53. The molecule has 0 aliphatic rings. The molecule has 16 heavy (non-hydrogen) atoms. The fraction of sp³-hybridized carbons (Fsp3) is 0.667. The van der Waals surface area contributed by atoms with Gasteiger partial charge >= 0.3 is 0 Å². The van der Waals surface area contributed by atoms with E-state index in [2.05, 4.69) is 25.2 Å². The van der Waals surface area contributed by atoms with Crippen molar-refractivity contribution in [1.29, 1.82) is 0 Å². The molecule has 0 saturated heterocycles. The largest absolute Gasteiger partial charge is 0.316 e. The minimum Gasteiger partial charge on any atom is -0.316 e. The van der Waals surface area contributed by atoms with E-state index in [-0.39, 0.29) is 0 Å². The Bertz CT molecular complexity index is 301. The molecule has 0 aliphatic heterocycles. The number of thiophene rings is 1. The second-order valence-electron chi connectivity index (χ2n) is 3.95. The lowest BCUT2D eigenvalue weighted by Gasteiger charge is -2.17. The van der Waals surface area contributed by atoms with Crippen molar-refractivity contribution in [3.63, 3.8) is 0 Å². The summed E-state index contributed by atoms with van der Waals surface area (Å²) in [5.41, 5.74) is 0. The van der Waals surface area contributed by atoms with Crippen molar-refractivity contribution in [2.75, 3.05) is 12.8 Å². The predicted molar refractivity (Wildman–Crippen MR) is 78.1 cm³/mol. The Hall–Kier alpha value is 0.300. The molecule has 0 fully saturated rings. The third-order valence-corrected chi connectivity index (χ3v) is 5.39. The average Bonchev–Trinajstić information content (AvgIpc) is 2.69. The maximum absolute atomic E-state index is 5.93. The third-order valence-electron chi connectivity index (χ3n) is 2.64. The minimum absolute atomic E-state index is 0.550. The molecule has 2 unspecified atom stereocenters. The van der Waals surface area contributed by atoms with E-state index >= 15 is 0 Å². The molecule has 0 aromatic carbocycles. The first kappa shape index (κ1) is 14.4. The highest BCUT2D eigenvalue weighted by Crippen LogP contribution is 2.24. The number of hydrogen-bond acceptors (Lipinski definition) is 3. The summed E-state index contributed by atoms with van der Waals surface area (Å²) in [6, 6.07) is 4.66. The summed E-state index contributed by atoms with van der Waals surface area (Å²) in [6.07, 6.45) is 2.32. The normalized spacial score (nSPS) is 15.0. The van der Waals surface area contributed by atoms with Gasteiger partial charge in [-0.05, 0) is 32.0 Å². The first-order valence-corrected chi connectivity index (χ1v) is 7.93. The second kappa shape index (κ2) is 7.59. The lowest BCUT2D eigenvalue weighted by atomic mass is 10.2. The number of rotatable bonds is 7. The number of nitrogens with one attached hydrogen (secondary N) is 1. The van der Waals surface area contributed by atoms with Gasteiger partial charge in [0.2, 0.25) is 0 Å². The maximum Gasteiger partial charge on any atom is 0.0931 e. The van der Waals surface area contributed by atoms with Crippen molar-refractivity contribution >= 4 is 34.7 Å². The van der Waals surface area contributed by atoms with Crippen molar-refractivity contribution in [2.45, 2.75) is 38.0 Å². The Labute approximate surface area is 112 Å². The number of halogens is 1. The molecule has 0 bridgehead atoms. The molecular formula is C12H20ClNS2. The SMILES string of the molecule is CCC(C)SCC(Cc1ccc(Cl)s1)NC. The fourth-order valence-corrected chi connectivity index (χ4v) is 3.60. The molecule has 1 aromatic rings. The first-order chi connectivity index (χ1) is 7.65. The number of hydrogen-bond donors (Lipinski definition) is 1. The molecule has 1 N–H and O–H groups in total. The van der Waals surface area contributed by atoms with E-state index in [1.165, 1.54) is 17.1 Å². The van der Waals surface area contributed by atoms with Gasteiger partial charge in [-0.2, -0.15) is 11.8 Å². The van der Waals surface area contributed by atoms with Crippen molar-refractivity contribution in [1.82, 2.24) is 5.32 Å². The van der Waals surface area contributed by atoms with Crippen LogP contribution in [0.3, 0.4) is 0 Å². The van der Waals surface area contributed by atoms with Gasteiger partial charge in [0.25, 0.3) is 0 Å². The van der Waals surface area contributed by atoms with Gasteiger partial charge in [-0.1, -0.05) is 25.4 Å². The zero-order valence-electron chi connectivity index (χ0n) is 10.1. The maximum atomic E-state index is 5.93. The first-order valence-electron chi connectivity index (χ1n) is 5.68. The quantitative estimate of drug-likeness (QED) is 0.807. The van der Waals surface area contributed by atoms with Crippen molar-refractivity contribution < 1.29 is 0 Å². The molecule has 1 heterocycles. The summed E-state index contributed by atoms with van der Waals surface area (Å²) in [7, 11) is 2.04. The van der Waals surface area contributed by atoms with Crippen LogP contribution in [0.25, 0.3) is 0 Å². The smallest absolute Gasteiger partial charge is 0.0931 e. The van der Waals surface area contributed by atoms with Crippen molar-refractivity contribution in [3.05, 3.63) is 21.3 Å². The number of thioether (sulfide) groups is 1. The van der Waals surface area contributed by atoms with E-state index in [1.54, 1.807) is 11.3 Å². The van der Waals surface area contributed by atoms with Crippen molar-refractivity contribution in [3.8, 4) is 0 Å². The molecule has 0 spiro atoms. The molecule has 4 heteroatoms. The van der Waals surface area contributed by atoms with Gasteiger partial charge in [-0.15, -0.1) is 11.3 Å². The van der Waals surface area contributed by atoms with Crippen LogP contribution in [0.4, 0.5) is 0 Å². The minimum atomic E-state index is 0.550. The number of likely N-dealkylation sites (N-methyl/N-ethyl adjacent to an activating group) is 1. The molecule has 92 valence electrons. The van der Waals surface area contributed by atoms with Gasteiger partial charge in [0, 0.05) is 21.9 Å². The van der Waals surface area contributed by atoms with Crippen LogP contribution in [0.5, 0.6) is 0 Å². The van der Waals surface area contributed by atoms with Gasteiger partial charge in [-0.3, -0.25) is 0 Å². The highest BCUT2D eigenvalue weighted by atomic mass is 35.5. The zero-order valence-corrected chi connectivity index (χ0v) is 12.5. The van der Waals surface area contributed by atoms with E-state index in [9.17, 15) is 0 Å². The molecule has 0 aliphatic carbocycles. The van der Waals surface area contributed by atoms with Gasteiger partial charge in [0.05, 0.1) is 4.34 Å². The van der Waals surface area contributed by atoms with Crippen LogP contribution < -0.4 is 5.32 Å². The van der Waals surface area contributed by atoms with Crippen LogP contribution in [-0.4, -0.2) is 24.1 Å². The predicted octanol–water partition coefficient (Wildman–Crippen LogP) is 4.06. The van der Waals surface area contributed by atoms with Crippen LogP contribution in [0.1, 0.15) is 25.1 Å². The lowest BCUT2D eigenvalue weighted by Crippen LogP contribution is -2.30. The highest BCUT2D eigenvalue weighted by Gasteiger charge is 2.10. The monoisotopic (exact) mass is 277 g/mol. The van der Waals surface area contributed by atoms with Gasteiger partial charge in [0.1, 0.15) is 0 Å². The topological polar surface area (TPSA) is 12.0 Å². The molecule has 0 amide bonds. The zero-order chi connectivity index (χ0) is 12.0. The van der Waals surface area contributed by atoms with Gasteiger partial charge < -0.3 is 5.32 Å². The molecule has 1 aromatic heterocycles. The Morgan fingerprint density at radius 2 is 2.25 bits per heavy atom. The van der Waals surface area contributed by atoms with E-state index in [0.29, 0.717) is 6.04 Å². The summed E-state index contributed by atoms with van der Waals surface area (Å²) < 4.78 is 0.888. The van der Waals surface area contributed by atoms with E-state index in [1.807, 2.05) is 24.9 Å². The van der Waals surface area contributed by atoms with E-state index in [0.717, 1.165) is 16.0 Å². The second-order valence-corrected chi connectivity index (χ2v) is 7.22. The van der Waals surface area contributed by atoms with Gasteiger partial charge in [-0.25, -0.2) is 0 Å². The Balaban J connectivity index is 2.37. The van der Waals surface area contributed by atoms with E-state index < -0.39 is 0 Å². The van der Waals surface area contributed by atoms with Crippen molar-refractivity contribution in [2.24, 2.45) is 0 Å².